The molecule has 1 aliphatic rings. The first-order chi connectivity index (χ1) is 18.9. The third kappa shape index (κ3) is 5.33. The van der Waals surface area contributed by atoms with E-state index in [0.29, 0.717) is 5.56 Å². The molecule has 1 fully saturated rings. The summed E-state index contributed by atoms with van der Waals surface area (Å²) >= 11 is 0. The van der Waals surface area contributed by atoms with E-state index in [1.165, 1.54) is 46.1 Å². The minimum absolute atomic E-state index is 0.00137. The molecule has 1 unspecified atom stereocenters. The van der Waals surface area contributed by atoms with Gasteiger partial charge in [-0.15, -0.1) is 0 Å². The van der Waals surface area contributed by atoms with Crippen molar-refractivity contribution < 1.29 is 43.9 Å². The zero-order chi connectivity index (χ0) is 31.1. The summed E-state index contributed by atoms with van der Waals surface area (Å²) in [5.74, 6) is -2.64. The number of rotatable bonds is 8. The molecule has 2 aromatic rings. The molecule has 8 N–H and O–H groups in total. The van der Waals surface area contributed by atoms with E-state index >= 15 is 0 Å². The Bertz CT molecular complexity index is 1330. The molecule has 1 saturated carbocycles. The number of nitrogens with one attached hydrogen (secondary N) is 2. The number of esters is 1. The molecule has 0 aromatic heterocycles. The number of hydrogen-bond acceptors (Lipinski definition) is 10. The number of aliphatic hydroxyl groups is 3. The molecule has 0 radical (unpaired) electrons. The Labute approximate surface area is 236 Å². The summed E-state index contributed by atoms with van der Waals surface area (Å²) in [5.41, 5.74) is -0.461. The van der Waals surface area contributed by atoms with Crippen LogP contribution in [0.25, 0.3) is 0 Å². The highest BCUT2D eigenvalue weighted by Crippen LogP contribution is 2.49. The molecule has 41 heavy (non-hydrogen) atoms. The lowest BCUT2D eigenvalue weighted by Gasteiger charge is -2.48. The minimum atomic E-state index is -2.56. The highest BCUT2D eigenvalue weighted by molar-refractivity contribution is 5.95. The van der Waals surface area contributed by atoms with Gasteiger partial charge in [0.2, 0.25) is 0 Å². The van der Waals surface area contributed by atoms with Crippen molar-refractivity contribution in [1.82, 2.24) is 10.2 Å². The quantitative estimate of drug-likeness (QED) is 0.175. The molecule has 2 aromatic carbocycles. The van der Waals surface area contributed by atoms with Crippen molar-refractivity contribution in [2.75, 3.05) is 26.0 Å². The molecular formula is C28H37FN4O8. The number of amides is 2. The number of phenolic OH excluding ortho intramolecular Hbond substituents is 1. The Morgan fingerprint density at radius 1 is 1.20 bits per heavy atom. The van der Waals surface area contributed by atoms with Crippen LogP contribution in [0.3, 0.4) is 0 Å². The van der Waals surface area contributed by atoms with E-state index in [0.717, 1.165) is 24.0 Å². The smallest absolute Gasteiger partial charge is 0.342 e. The standard InChI is InChI=1S/C28H37FN4O8/c1-14-8-7-9-20(36)21(14)24(37)41-13-27(40)23(31-19-11-17(15(2)34)10-18(29)12-19)22(30)28(16(3)35,26(27,4)39)32-25(38)33(5)6/h7-12,16,22-23,31,35-36,39-40H,13,30H2,1-6H3,(H,32,38)/t16-,22?,23-,26-,27+,28-/m0/s1. The van der Waals surface area contributed by atoms with Crippen LogP contribution < -0.4 is 16.4 Å². The molecule has 3 rings (SSSR count). The number of aliphatic hydroxyl groups excluding tert-OH is 1. The highest BCUT2D eigenvalue weighted by Gasteiger charge is 2.76. The lowest BCUT2D eigenvalue weighted by atomic mass is 9.73. The summed E-state index contributed by atoms with van der Waals surface area (Å²) in [7, 11) is 2.82. The molecule has 0 heterocycles. The number of hydrogen-bond donors (Lipinski definition) is 7. The van der Waals surface area contributed by atoms with Crippen LogP contribution in [0, 0.1) is 12.7 Å². The number of Topliss-reactive ketones (excluding diaryl/α,β-unsaturated/α-hetero) is 1. The molecule has 0 bridgehead atoms. The maximum Gasteiger partial charge on any atom is 0.342 e. The normalized spacial score (nSPS) is 28.1. The van der Waals surface area contributed by atoms with Crippen LogP contribution in [-0.4, -0.2) is 98.7 Å². The number of aryl methyl sites for hydroxylation is 1. The number of phenols is 1. The van der Waals surface area contributed by atoms with Gasteiger partial charge in [-0.25, -0.2) is 14.0 Å². The Hall–Kier alpha value is -3.78. The molecule has 1 aliphatic carbocycles. The van der Waals surface area contributed by atoms with Crippen molar-refractivity contribution in [2.24, 2.45) is 5.73 Å². The Morgan fingerprint density at radius 3 is 2.37 bits per heavy atom. The number of carbonyl (C=O) groups is 3. The van der Waals surface area contributed by atoms with Crippen molar-refractivity contribution in [3.63, 3.8) is 0 Å². The van der Waals surface area contributed by atoms with Crippen molar-refractivity contribution in [3.8, 4) is 5.75 Å². The topological polar surface area (TPSA) is 195 Å². The van der Waals surface area contributed by atoms with Crippen LogP contribution in [0.5, 0.6) is 5.75 Å². The van der Waals surface area contributed by atoms with Gasteiger partial charge in [-0.1, -0.05) is 12.1 Å². The first-order valence-electron chi connectivity index (χ1n) is 12.8. The predicted molar refractivity (Wildman–Crippen MR) is 147 cm³/mol. The second-order valence-corrected chi connectivity index (χ2v) is 10.8. The second kappa shape index (κ2) is 11.2. The fourth-order valence-electron chi connectivity index (χ4n) is 5.49. The average Bonchev–Trinajstić information content (AvgIpc) is 2.98. The van der Waals surface area contributed by atoms with Crippen LogP contribution in [0.15, 0.2) is 36.4 Å². The van der Waals surface area contributed by atoms with Gasteiger partial charge >= 0.3 is 12.0 Å². The summed E-state index contributed by atoms with van der Waals surface area (Å²) < 4.78 is 19.8. The maximum atomic E-state index is 14.4. The molecule has 12 nitrogen and oxygen atoms in total. The van der Waals surface area contributed by atoms with Gasteiger partial charge in [-0.2, -0.15) is 0 Å². The predicted octanol–water partition coefficient (Wildman–Crippen LogP) is 0.894. The third-order valence-electron chi connectivity index (χ3n) is 7.93. The van der Waals surface area contributed by atoms with Crippen molar-refractivity contribution in [2.45, 2.75) is 62.6 Å². The first-order valence-corrected chi connectivity index (χ1v) is 12.8. The lowest BCUT2D eigenvalue weighted by Crippen LogP contribution is -2.76. The number of carbonyl (C=O) groups excluding carboxylic acids is 3. The van der Waals surface area contributed by atoms with Gasteiger partial charge < -0.3 is 46.4 Å². The van der Waals surface area contributed by atoms with Gasteiger partial charge in [0, 0.05) is 25.3 Å². The SMILES string of the molecule is CC(=O)c1cc(F)cc(N[C@H]2C(N)[C@@](NC(=O)N(C)C)([C@H](C)O)[C@@](C)(O)[C@@]2(O)COC(=O)c2c(C)cccc2O)c1. The first kappa shape index (κ1) is 31.7. The number of halogens is 1. The Kier molecular flexibility index (Phi) is 8.70. The van der Waals surface area contributed by atoms with Gasteiger partial charge in [-0.05, 0) is 57.5 Å². The fraction of sp³-hybridized carbons (Fsp3) is 0.464. The van der Waals surface area contributed by atoms with Gasteiger partial charge in [0.25, 0.3) is 0 Å². The molecule has 224 valence electrons. The number of ketones is 1. The van der Waals surface area contributed by atoms with E-state index in [1.807, 2.05) is 0 Å². The van der Waals surface area contributed by atoms with Gasteiger partial charge in [0.1, 0.15) is 34.9 Å². The minimum Gasteiger partial charge on any atom is -0.507 e. The summed E-state index contributed by atoms with van der Waals surface area (Å²) in [6.07, 6.45) is -1.59. The van der Waals surface area contributed by atoms with E-state index in [4.69, 9.17) is 10.5 Å². The van der Waals surface area contributed by atoms with E-state index in [9.17, 15) is 39.2 Å². The summed E-state index contributed by atoms with van der Waals surface area (Å²) in [4.78, 5) is 39.0. The van der Waals surface area contributed by atoms with Crippen molar-refractivity contribution in [3.05, 3.63) is 58.9 Å². The number of urea groups is 1. The third-order valence-corrected chi connectivity index (χ3v) is 7.93. The Morgan fingerprint density at radius 2 is 1.83 bits per heavy atom. The summed E-state index contributed by atoms with van der Waals surface area (Å²) in [5, 5.41) is 50.7. The maximum absolute atomic E-state index is 14.4. The number of ether oxygens (including phenoxy) is 1. The zero-order valence-corrected chi connectivity index (χ0v) is 23.7. The zero-order valence-electron chi connectivity index (χ0n) is 23.7. The molecule has 0 saturated heterocycles. The average molecular weight is 577 g/mol. The van der Waals surface area contributed by atoms with Crippen LogP contribution in [0.4, 0.5) is 14.9 Å². The van der Waals surface area contributed by atoms with Crippen LogP contribution in [0.1, 0.15) is 47.1 Å². The van der Waals surface area contributed by atoms with E-state index in [1.54, 1.807) is 13.0 Å². The van der Waals surface area contributed by atoms with Crippen molar-refractivity contribution >= 4 is 23.5 Å². The highest BCUT2D eigenvalue weighted by atomic mass is 19.1. The molecule has 2 amide bonds. The molecule has 0 spiro atoms. The summed E-state index contributed by atoms with van der Waals surface area (Å²) in [6, 6.07) is 3.90. The van der Waals surface area contributed by atoms with Crippen molar-refractivity contribution in [1.29, 1.82) is 0 Å². The van der Waals surface area contributed by atoms with E-state index in [-0.39, 0.29) is 22.6 Å². The van der Waals surface area contributed by atoms with Gasteiger partial charge in [0.15, 0.2) is 11.4 Å². The van der Waals surface area contributed by atoms with Crippen LogP contribution >= 0.6 is 0 Å². The fourth-order valence-corrected chi connectivity index (χ4v) is 5.49. The largest absolute Gasteiger partial charge is 0.507 e. The van der Waals surface area contributed by atoms with Crippen LogP contribution in [-0.2, 0) is 4.74 Å². The number of aromatic hydroxyl groups is 1. The van der Waals surface area contributed by atoms with E-state index in [2.05, 4.69) is 10.6 Å². The number of nitrogens with two attached hydrogens (primary N) is 1. The Balaban J connectivity index is 2.16. The monoisotopic (exact) mass is 576 g/mol. The molecule has 0 aliphatic heterocycles. The van der Waals surface area contributed by atoms with Gasteiger partial charge in [0.05, 0.1) is 18.2 Å². The summed E-state index contributed by atoms with van der Waals surface area (Å²) in [6.45, 7) is 4.21. The van der Waals surface area contributed by atoms with E-state index < -0.39 is 65.1 Å². The number of nitrogens with zero attached hydrogens (tertiary/aromatic N) is 1. The molecular weight excluding hydrogens is 539 g/mol. The van der Waals surface area contributed by atoms with Gasteiger partial charge in [-0.3, -0.25) is 4.79 Å². The number of anilines is 1. The second-order valence-electron chi connectivity index (χ2n) is 10.8. The lowest BCUT2D eigenvalue weighted by molar-refractivity contribution is -0.186. The number of benzene rings is 2. The molecule has 6 atom stereocenters. The molecule has 13 heteroatoms. The van der Waals surface area contributed by atoms with Crippen LogP contribution in [0.2, 0.25) is 0 Å².